The molecule has 0 bridgehead atoms. The number of carbonyl (C=O) groups is 7. The minimum Gasteiger partial charge on any atom is -0.479 e. The number of aliphatic carboxylic acids is 1. The number of ketones is 1. The van der Waals surface area contributed by atoms with Crippen LogP contribution in [0, 0.1) is 11.8 Å². The summed E-state index contributed by atoms with van der Waals surface area (Å²) in [5.41, 5.74) is 0.329. The van der Waals surface area contributed by atoms with E-state index in [0.717, 1.165) is 50.0 Å². The van der Waals surface area contributed by atoms with Crippen LogP contribution in [0.2, 0.25) is 0 Å². The Morgan fingerprint density at radius 2 is 1.50 bits per heavy atom. The van der Waals surface area contributed by atoms with E-state index in [1.165, 1.54) is 12.1 Å². The molecule has 2 aliphatic rings. The van der Waals surface area contributed by atoms with Crippen molar-refractivity contribution in [3.63, 3.8) is 0 Å². The molecule has 3 rings (SSSR count). The number of Topliss-reactive ketones (excluding diaryl/α,β-unsaturated/α-hetero) is 1. The molecule has 1 saturated heterocycles. The number of benzene rings is 1. The lowest BCUT2D eigenvalue weighted by Gasteiger charge is -2.32. The Balaban J connectivity index is 1.70. The highest BCUT2D eigenvalue weighted by molar-refractivity contribution is 8.17. The van der Waals surface area contributed by atoms with Crippen molar-refractivity contribution in [3.05, 3.63) is 35.9 Å². The average Bonchev–Trinajstić information content (AvgIpc) is 3.14. The van der Waals surface area contributed by atoms with Gasteiger partial charge in [0.15, 0.2) is 6.04 Å². The number of carboxylic acid groups (broad SMARTS) is 1. The Hall–Kier alpha value is -3.79. The summed E-state index contributed by atoms with van der Waals surface area (Å²) < 4.78 is 5.31. The number of carboxylic acids is 1. The SMILES string of the molecule is CCCC(NC(=O)[C@H](CC1SCCCS1)NC(=O)[C@@H](NC(=O)OCC(C)C)C1CCCCC1)C(=O)C(=O)NCC(=O)N[C@H](C(=O)O)c1ccccc1. The standard InChI is InChI=1S/C36H53N5O9S2/c1-4-12-25(31(43)34(46)37-20-27(42)40-30(35(47)48)24-15-9-6-10-16-24)38-32(44)26(19-28-51-17-11-18-52-28)39-33(45)29(23-13-7-5-8-14-23)41-36(49)50-21-22(2)3/h6,9-10,15-16,22-23,25-26,28-30H,4-5,7-8,11-14,17-21H2,1-3H3,(H,37,46)(H,38,44)(H,39,45)(H,40,42)(H,41,49)(H,47,48)/t25?,26-,29-,30-/m0/s1. The van der Waals surface area contributed by atoms with Crippen LogP contribution in [0.4, 0.5) is 4.79 Å². The second-order valence-electron chi connectivity index (χ2n) is 13.5. The fourth-order valence-corrected chi connectivity index (χ4v) is 8.96. The van der Waals surface area contributed by atoms with Gasteiger partial charge in [-0.1, -0.05) is 76.8 Å². The van der Waals surface area contributed by atoms with Crippen LogP contribution in [-0.4, -0.2) is 93.9 Å². The number of alkyl carbamates (subject to hydrolysis) is 1. The summed E-state index contributed by atoms with van der Waals surface area (Å²) in [6.45, 7) is 5.11. The molecule has 1 aromatic carbocycles. The number of nitrogens with one attached hydrogen (secondary N) is 5. The van der Waals surface area contributed by atoms with Crippen molar-refractivity contribution in [2.45, 2.75) is 107 Å². The summed E-state index contributed by atoms with van der Waals surface area (Å²) in [6, 6.07) is 3.42. The molecular formula is C36H53N5O9S2. The third-order valence-corrected chi connectivity index (χ3v) is 11.7. The van der Waals surface area contributed by atoms with Gasteiger partial charge in [-0.15, -0.1) is 23.5 Å². The normalized spacial score (nSPS) is 17.5. The van der Waals surface area contributed by atoms with E-state index in [-0.39, 0.29) is 35.9 Å². The summed E-state index contributed by atoms with van der Waals surface area (Å²) in [5.74, 6) is -3.63. The number of thioether (sulfide) groups is 2. The molecular weight excluding hydrogens is 711 g/mol. The van der Waals surface area contributed by atoms with Crippen LogP contribution >= 0.6 is 23.5 Å². The molecule has 0 aromatic heterocycles. The smallest absolute Gasteiger partial charge is 0.407 e. The average molecular weight is 764 g/mol. The molecule has 0 radical (unpaired) electrons. The quantitative estimate of drug-likeness (QED) is 0.113. The van der Waals surface area contributed by atoms with Gasteiger partial charge in [0.1, 0.15) is 12.1 Å². The van der Waals surface area contributed by atoms with E-state index >= 15 is 0 Å². The minimum absolute atomic E-state index is 0.00505. The van der Waals surface area contributed by atoms with Crippen molar-refractivity contribution in [2.24, 2.45) is 11.8 Å². The van der Waals surface area contributed by atoms with Crippen LogP contribution in [0.25, 0.3) is 0 Å². The molecule has 2 fully saturated rings. The Morgan fingerprint density at radius 3 is 2.12 bits per heavy atom. The van der Waals surface area contributed by atoms with Crippen LogP contribution in [0.15, 0.2) is 30.3 Å². The third-order valence-electron chi connectivity index (χ3n) is 8.71. The molecule has 1 aliphatic carbocycles. The van der Waals surface area contributed by atoms with Gasteiger partial charge in [-0.3, -0.25) is 24.0 Å². The molecule has 0 spiro atoms. The molecule has 288 valence electrons. The fourth-order valence-electron chi connectivity index (χ4n) is 6.01. The summed E-state index contributed by atoms with van der Waals surface area (Å²) in [7, 11) is 0. The Kier molecular flexibility index (Phi) is 18.3. The van der Waals surface area contributed by atoms with E-state index in [2.05, 4.69) is 26.6 Å². The summed E-state index contributed by atoms with van der Waals surface area (Å²) in [4.78, 5) is 91.1. The number of amides is 5. The van der Waals surface area contributed by atoms with E-state index in [1.807, 2.05) is 13.8 Å². The predicted molar refractivity (Wildman–Crippen MR) is 199 cm³/mol. The number of hydrogen-bond donors (Lipinski definition) is 6. The van der Waals surface area contributed by atoms with Crippen LogP contribution < -0.4 is 26.6 Å². The minimum atomic E-state index is -1.36. The Morgan fingerprint density at radius 1 is 0.846 bits per heavy atom. The molecule has 1 heterocycles. The van der Waals surface area contributed by atoms with Crippen molar-refractivity contribution in [2.75, 3.05) is 24.7 Å². The first-order chi connectivity index (χ1) is 24.9. The van der Waals surface area contributed by atoms with Crippen LogP contribution in [0.5, 0.6) is 0 Å². The lowest BCUT2D eigenvalue weighted by molar-refractivity contribution is -0.142. The molecule has 4 atom stereocenters. The second kappa shape index (κ2) is 22.3. The van der Waals surface area contributed by atoms with Crippen molar-refractivity contribution >= 4 is 65.0 Å². The maximum atomic E-state index is 13.9. The third kappa shape index (κ3) is 14.3. The highest BCUT2D eigenvalue weighted by Crippen LogP contribution is 2.34. The van der Waals surface area contributed by atoms with Gasteiger partial charge in [-0.05, 0) is 61.0 Å². The van der Waals surface area contributed by atoms with Crippen molar-refractivity contribution < 1.29 is 43.4 Å². The Bertz CT molecular complexity index is 1370. The Labute approximate surface area is 313 Å². The number of ether oxygens (including phenoxy) is 1. The van der Waals surface area contributed by atoms with Gasteiger partial charge in [0.25, 0.3) is 5.91 Å². The molecule has 1 aliphatic heterocycles. The van der Waals surface area contributed by atoms with Crippen molar-refractivity contribution in [1.82, 2.24) is 26.6 Å². The second-order valence-corrected chi connectivity index (χ2v) is 16.4. The predicted octanol–water partition coefficient (Wildman–Crippen LogP) is 3.30. The fraction of sp³-hybridized carbons (Fsp3) is 0.639. The highest BCUT2D eigenvalue weighted by atomic mass is 32.2. The van der Waals surface area contributed by atoms with Gasteiger partial charge in [0.05, 0.1) is 23.8 Å². The molecule has 1 saturated carbocycles. The van der Waals surface area contributed by atoms with Gasteiger partial charge in [-0.25, -0.2) is 9.59 Å². The monoisotopic (exact) mass is 763 g/mol. The van der Waals surface area contributed by atoms with Crippen LogP contribution in [-0.2, 0) is 33.5 Å². The maximum Gasteiger partial charge on any atom is 0.407 e. The molecule has 1 unspecified atom stereocenters. The van der Waals surface area contributed by atoms with Gasteiger partial charge in [0, 0.05) is 0 Å². The lowest BCUT2D eigenvalue weighted by Crippen LogP contribution is -2.58. The molecule has 16 heteroatoms. The first kappa shape index (κ1) is 42.6. The molecule has 6 N–H and O–H groups in total. The van der Waals surface area contributed by atoms with E-state index in [4.69, 9.17) is 4.74 Å². The van der Waals surface area contributed by atoms with E-state index in [0.29, 0.717) is 12.0 Å². The first-order valence-corrected chi connectivity index (χ1v) is 20.2. The lowest BCUT2D eigenvalue weighted by atomic mass is 9.83. The van der Waals surface area contributed by atoms with Crippen molar-refractivity contribution in [1.29, 1.82) is 0 Å². The summed E-state index contributed by atoms with van der Waals surface area (Å²) >= 11 is 3.37. The molecule has 5 amide bonds. The molecule has 52 heavy (non-hydrogen) atoms. The number of hydrogen-bond acceptors (Lipinski definition) is 10. The summed E-state index contributed by atoms with van der Waals surface area (Å²) in [5, 5.41) is 22.4. The van der Waals surface area contributed by atoms with E-state index < -0.39 is 72.2 Å². The van der Waals surface area contributed by atoms with E-state index in [9.17, 15) is 38.7 Å². The molecule has 1 aromatic rings. The summed E-state index contributed by atoms with van der Waals surface area (Å²) in [6.07, 6.45) is 5.44. The zero-order valence-corrected chi connectivity index (χ0v) is 31.8. The van der Waals surface area contributed by atoms with Gasteiger partial charge >= 0.3 is 12.1 Å². The molecule has 14 nitrogen and oxygen atoms in total. The number of rotatable bonds is 19. The van der Waals surface area contributed by atoms with E-state index in [1.54, 1.807) is 48.6 Å². The first-order valence-electron chi connectivity index (χ1n) is 18.1. The number of carbonyl (C=O) groups excluding carboxylic acids is 6. The van der Waals surface area contributed by atoms with Gasteiger partial charge < -0.3 is 36.4 Å². The highest BCUT2D eigenvalue weighted by Gasteiger charge is 2.36. The topological polar surface area (TPSA) is 209 Å². The van der Waals surface area contributed by atoms with Gasteiger partial charge in [-0.2, -0.15) is 0 Å². The van der Waals surface area contributed by atoms with Crippen LogP contribution in [0.3, 0.4) is 0 Å². The largest absolute Gasteiger partial charge is 0.479 e. The zero-order valence-electron chi connectivity index (χ0n) is 30.2. The van der Waals surface area contributed by atoms with Crippen molar-refractivity contribution in [3.8, 4) is 0 Å². The zero-order chi connectivity index (χ0) is 38.0. The van der Waals surface area contributed by atoms with Gasteiger partial charge in [0.2, 0.25) is 23.5 Å². The maximum absolute atomic E-state index is 13.9. The van der Waals surface area contributed by atoms with Crippen LogP contribution in [0.1, 0.15) is 90.2 Å².